The second-order valence-corrected chi connectivity index (χ2v) is 7.51. The van der Waals surface area contributed by atoms with Crippen molar-refractivity contribution in [3.05, 3.63) is 84.6 Å². The SMILES string of the molecule is COc1ccccc1NS(=O)c1cccc(NC(=O)c2c[nH]c3ccccc23)c1. The van der Waals surface area contributed by atoms with Crippen LogP contribution in [0.2, 0.25) is 0 Å². The first kappa shape index (κ1) is 18.8. The lowest BCUT2D eigenvalue weighted by Crippen LogP contribution is -2.12. The highest BCUT2D eigenvalue weighted by Crippen LogP contribution is 2.26. The molecule has 0 aliphatic rings. The van der Waals surface area contributed by atoms with Crippen molar-refractivity contribution in [3.63, 3.8) is 0 Å². The summed E-state index contributed by atoms with van der Waals surface area (Å²) >= 11 is 0. The zero-order chi connectivity index (χ0) is 20.2. The van der Waals surface area contributed by atoms with Crippen LogP contribution >= 0.6 is 0 Å². The zero-order valence-electron chi connectivity index (χ0n) is 15.6. The third kappa shape index (κ3) is 4.00. The van der Waals surface area contributed by atoms with E-state index in [-0.39, 0.29) is 5.91 Å². The number of carbonyl (C=O) groups is 1. The molecule has 0 spiro atoms. The Labute approximate surface area is 170 Å². The van der Waals surface area contributed by atoms with Crippen LogP contribution in [0.3, 0.4) is 0 Å². The van der Waals surface area contributed by atoms with Crippen molar-refractivity contribution in [2.75, 3.05) is 17.1 Å². The van der Waals surface area contributed by atoms with Crippen LogP contribution in [0, 0.1) is 0 Å². The number of anilines is 2. The number of para-hydroxylation sites is 3. The normalized spacial score (nSPS) is 11.8. The minimum absolute atomic E-state index is 0.233. The van der Waals surface area contributed by atoms with Crippen molar-refractivity contribution in [3.8, 4) is 5.75 Å². The summed E-state index contributed by atoms with van der Waals surface area (Å²) in [5, 5.41) is 3.72. The summed E-state index contributed by atoms with van der Waals surface area (Å²) in [6.07, 6.45) is 1.69. The molecule has 1 aromatic heterocycles. The summed E-state index contributed by atoms with van der Waals surface area (Å²) < 4.78 is 21.0. The molecule has 7 heteroatoms. The van der Waals surface area contributed by atoms with E-state index in [1.165, 1.54) is 0 Å². The first-order chi connectivity index (χ1) is 14.2. The average molecular weight is 405 g/mol. The first-order valence-corrected chi connectivity index (χ1v) is 10.1. The van der Waals surface area contributed by atoms with E-state index >= 15 is 0 Å². The molecule has 4 aromatic rings. The summed E-state index contributed by atoms with van der Waals surface area (Å²) in [6.45, 7) is 0. The minimum atomic E-state index is -1.52. The number of carbonyl (C=O) groups excluding carboxylic acids is 1. The molecule has 29 heavy (non-hydrogen) atoms. The van der Waals surface area contributed by atoms with Gasteiger partial charge in [0.15, 0.2) is 0 Å². The number of benzene rings is 3. The molecule has 0 saturated carbocycles. The highest BCUT2D eigenvalue weighted by Gasteiger charge is 2.13. The number of aromatic amines is 1. The van der Waals surface area contributed by atoms with Gasteiger partial charge in [0, 0.05) is 22.8 Å². The topological polar surface area (TPSA) is 83.2 Å². The average Bonchev–Trinajstić information content (AvgIpc) is 3.18. The Bertz CT molecular complexity index is 1200. The number of methoxy groups -OCH3 is 1. The molecule has 0 fully saturated rings. The Kier molecular flexibility index (Phi) is 5.31. The van der Waals surface area contributed by atoms with E-state index in [2.05, 4.69) is 15.0 Å². The number of H-pyrrole nitrogens is 1. The number of nitrogens with one attached hydrogen (secondary N) is 3. The quantitative estimate of drug-likeness (QED) is 0.440. The molecule has 6 nitrogen and oxygen atoms in total. The summed E-state index contributed by atoms with van der Waals surface area (Å²) in [4.78, 5) is 16.3. The lowest BCUT2D eigenvalue weighted by Gasteiger charge is -2.11. The van der Waals surface area contributed by atoms with Crippen LogP contribution < -0.4 is 14.8 Å². The van der Waals surface area contributed by atoms with E-state index < -0.39 is 11.0 Å². The molecule has 146 valence electrons. The summed E-state index contributed by atoms with van der Waals surface area (Å²) in [6, 6.07) is 21.8. The molecule has 0 aliphatic carbocycles. The van der Waals surface area contributed by atoms with Crippen LogP contribution in [0.5, 0.6) is 5.75 Å². The molecule has 3 aromatic carbocycles. The molecule has 0 bridgehead atoms. The Morgan fingerprint density at radius 1 is 1.00 bits per heavy atom. The summed E-state index contributed by atoms with van der Waals surface area (Å²) in [5.41, 5.74) is 2.64. The predicted octanol–water partition coefficient (Wildman–Crippen LogP) is 4.56. The van der Waals surface area contributed by atoms with Gasteiger partial charge in [0.2, 0.25) is 0 Å². The number of rotatable bonds is 6. The molecular weight excluding hydrogens is 386 g/mol. The highest BCUT2D eigenvalue weighted by atomic mass is 32.2. The van der Waals surface area contributed by atoms with E-state index in [9.17, 15) is 9.00 Å². The summed E-state index contributed by atoms with van der Waals surface area (Å²) in [5.74, 6) is 0.368. The first-order valence-electron chi connectivity index (χ1n) is 8.94. The molecule has 4 rings (SSSR count). The molecule has 0 aliphatic heterocycles. The van der Waals surface area contributed by atoms with Crippen molar-refractivity contribution in [1.29, 1.82) is 0 Å². The molecule has 1 heterocycles. The Hall–Kier alpha value is -3.58. The Balaban J connectivity index is 1.52. The number of hydrogen-bond donors (Lipinski definition) is 3. The lowest BCUT2D eigenvalue weighted by molar-refractivity contribution is 0.102. The second kappa shape index (κ2) is 8.20. The third-order valence-corrected chi connectivity index (χ3v) is 5.54. The van der Waals surface area contributed by atoms with Crippen LogP contribution in [-0.4, -0.2) is 22.2 Å². The van der Waals surface area contributed by atoms with Gasteiger partial charge in [-0.05, 0) is 36.4 Å². The van der Waals surface area contributed by atoms with Crippen molar-refractivity contribution in [2.45, 2.75) is 4.90 Å². The van der Waals surface area contributed by atoms with Crippen molar-refractivity contribution >= 4 is 39.2 Å². The fraction of sp³-hybridized carbons (Fsp3) is 0.0455. The van der Waals surface area contributed by atoms with Crippen LogP contribution in [0.15, 0.2) is 83.9 Å². The van der Waals surface area contributed by atoms with Gasteiger partial charge in [0.1, 0.15) is 16.7 Å². The number of fused-ring (bicyclic) bond motifs is 1. The van der Waals surface area contributed by atoms with Gasteiger partial charge in [-0.25, -0.2) is 4.21 Å². The highest BCUT2D eigenvalue weighted by molar-refractivity contribution is 7.86. The molecule has 1 amide bonds. The van der Waals surface area contributed by atoms with Gasteiger partial charge in [-0.1, -0.05) is 36.4 Å². The zero-order valence-corrected chi connectivity index (χ0v) is 16.5. The molecule has 0 saturated heterocycles. The smallest absolute Gasteiger partial charge is 0.257 e. The summed E-state index contributed by atoms with van der Waals surface area (Å²) in [7, 11) is 0.0420. The van der Waals surface area contributed by atoms with E-state index in [1.807, 2.05) is 36.4 Å². The Morgan fingerprint density at radius 3 is 2.66 bits per heavy atom. The van der Waals surface area contributed by atoms with Crippen molar-refractivity contribution < 1.29 is 13.7 Å². The largest absolute Gasteiger partial charge is 0.495 e. The van der Waals surface area contributed by atoms with E-state index in [1.54, 1.807) is 49.7 Å². The number of aromatic nitrogens is 1. The Morgan fingerprint density at radius 2 is 1.79 bits per heavy atom. The van der Waals surface area contributed by atoms with Gasteiger partial charge in [-0.2, -0.15) is 0 Å². The van der Waals surface area contributed by atoms with Gasteiger partial charge in [0.05, 0.1) is 23.3 Å². The lowest BCUT2D eigenvalue weighted by atomic mass is 10.1. The predicted molar refractivity (Wildman–Crippen MR) is 116 cm³/mol. The van der Waals surface area contributed by atoms with Gasteiger partial charge >= 0.3 is 0 Å². The van der Waals surface area contributed by atoms with Crippen LogP contribution in [0.4, 0.5) is 11.4 Å². The minimum Gasteiger partial charge on any atom is -0.495 e. The maximum Gasteiger partial charge on any atom is 0.257 e. The van der Waals surface area contributed by atoms with Crippen LogP contribution in [0.25, 0.3) is 10.9 Å². The number of hydrogen-bond acceptors (Lipinski definition) is 3. The molecule has 0 radical (unpaired) electrons. The third-order valence-electron chi connectivity index (χ3n) is 4.45. The van der Waals surface area contributed by atoms with Crippen LogP contribution in [0.1, 0.15) is 10.4 Å². The number of ether oxygens (including phenoxy) is 1. The molecule has 1 atom stereocenters. The number of amides is 1. The van der Waals surface area contributed by atoms with E-state index in [0.29, 0.717) is 27.6 Å². The standard InChI is InChI=1S/C22H19N3O3S/c1-28-21-12-5-4-11-20(21)25-29(27)16-8-6-7-15(13-16)24-22(26)18-14-23-19-10-3-2-9-17(18)19/h2-14,23,25H,1H3,(H,24,26). The molecule has 1 unspecified atom stereocenters. The van der Waals surface area contributed by atoms with Crippen LogP contribution in [-0.2, 0) is 11.0 Å². The molecule has 3 N–H and O–H groups in total. The maximum absolute atomic E-state index is 12.8. The van der Waals surface area contributed by atoms with Crippen molar-refractivity contribution in [1.82, 2.24) is 4.98 Å². The monoisotopic (exact) mass is 405 g/mol. The maximum atomic E-state index is 12.8. The second-order valence-electron chi connectivity index (χ2n) is 6.30. The fourth-order valence-electron chi connectivity index (χ4n) is 3.03. The van der Waals surface area contributed by atoms with Gasteiger partial charge in [-0.3, -0.25) is 9.52 Å². The van der Waals surface area contributed by atoms with E-state index in [4.69, 9.17) is 4.74 Å². The molecular formula is C22H19N3O3S. The van der Waals surface area contributed by atoms with Gasteiger partial charge < -0.3 is 15.0 Å². The van der Waals surface area contributed by atoms with E-state index in [0.717, 1.165) is 10.9 Å². The van der Waals surface area contributed by atoms with Gasteiger partial charge in [0.25, 0.3) is 5.91 Å². The van der Waals surface area contributed by atoms with Gasteiger partial charge in [-0.15, -0.1) is 0 Å². The fourth-order valence-corrected chi connectivity index (χ4v) is 3.96. The van der Waals surface area contributed by atoms with Crippen molar-refractivity contribution in [2.24, 2.45) is 0 Å².